The standard InChI is InChI=1S/C22H20FN3O2/c1-28-18-9-8-12(23)10-16(18)14-6-3-7-15-20(24)19-17(25-21(14)15)11-26(22(19)27)13-4-2-5-13/h3,6-11,13,27H,2,4-5,24H2,1H3. The Hall–Kier alpha value is -3.28. The Morgan fingerprint density at radius 3 is 2.75 bits per heavy atom. The zero-order chi connectivity index (χ0) is 19.4. The quantitative estimate of drug-likeness (QED) is 0.526. The molecule has 0 radical (unpaired) electrons. The van der Waals surface area contributed by atoms with E-state index in [1.54, 1.807) is 13.2 Å². The van der Waals surface area contributed by atoms with Crippen molar-refractivity contribution in [3.8, 4) is 22.8 Å². The summed E-state index contributed by atoms with van der Waals surface area (Å²) < 4.78 is 21.3. The highest BCUT2D eigenvalue weighted by Crippen LogP contribution is 2.44. The van der Waals surface area contributed by atoms with Gasteiger partial charge in [0, 0.05) is 28.8 Å². The molecule has 0 saturated heterocycles. The van der Waals surface area contributed by atoms with Crippen molar-refractivity contribution in [2.45, 2.75) is 25.3 Å². The van der Waals surface area contributed by atoms with Gasteiger partial charge in [0.2, 0.25) is 5.88 Å². The summed E-state index contributed by atoms with van der Waals surface area (Å²) in [5.41, 5.74) is 9.58. The van der Waals surface area contributed by atoms with Gasteiger partial charge < -0.3 is 20.1 Å². The van der Waals surface area contributed by atoms with Crippen molar-refractivity contribution in [1.29, 1.82) is 0 Å². The zero-order valence-electron chi connectivity index (χ0n) is 15.4. The number of nitrogens with zero attached hydrogens (tertiary/aromatic N) is 2. The Kier molecular flexibility index (Phi) is 3.69. The Bertz CT molecular complexity index is 1230. The summed E-state index contributed by atoms with van der Waals surface area (Å²) >= 11 is 0. The molecule has 1 fully saturated rings. The number of ether oxygens (including phenoxy) is 1. The van der Waals surface area contributed by atoms with E-state index >= 15 is 0 Å². The van der Waals surface area contributed by atoms with Gasteiger partial charge in [0.1, 0.15) is 11.6 Å². The van der Waals surface area contributed by atoms with Crippen molar-refractivity contribution in [3.63, 3.8) is 0 Å². The van der Waals surface area contributed by atoms with E-state index < -0.39 is 0 Å². The summed E-state index contributed by atoms with van der Waals surface area (Å²) in [7, 11) is 1.55. The molecule has 0 unspecified atom stereocenters. The average molecular weight is 377 g/mol. The van der Waals surface area contributed by atoms with Crippen LogP contribution in [0.4, 0.5) is 10.1 Å². The average Bonchev–Trinajstić information content (AvgIpc) is 2.96. The number of para-hydroxylation sites is 1. The number of nitrogens with two attached hydrogens (primary N) is 1. The molecular weight excluding hydrogens is 357 g/mol. The minimum atomic E-state index is -0.351. The van der Waals surface area contributed by atoms with Gasteiger partial charge in [0.05, 0.1) is 29.2 Å². The monoisotopic (exact) mass is 377 g/mol. The number of hydrogen-bond donors (Lipinski definition) is 2. The van der Waals surface area contributed by atoms with E-state index in [2.05, 4.69) is 0 Å². The minimum Gasteiger partial charge on any atom is -0.496 e. The Morgan fingerprint density at radius 2 is 2.04 bits per heavy atom. The first-order valence-electron chi connectivity index (χ1n) is 9.34. The molecule has 1 saturated carbocycles. The van der Waals surface area contributed by atoms with E-state index in [-0.39, 0.29) is 11.7 Å². The number of benzene rings is 2. The van der Waals surface area contributed by atoms with Crippen LogP contribution in [-0.4, -0.2) is 21.8 Å². The second-order valence-corrected chi connectivity index (χ2v) is 7.28. The Labute approximate surface area is 161 Å². The van der Waals surface area contributed by atoms with E-state index in [0.29, 0.717) is 39.5 Å². The second-order valence-electron chi connectivity index (χ2n) is 7.28. The first-order valence-corrected chi connectivity index (χ1v) is 9.34. The molecular formula is C22H20FN3O2. The number of pyridine rings is 1. The van der Waals surface area contributed by atoms with Gasteiger partial charge in [-0.25, -0.2) is 9.37 Å². The molecule has 0 bridgehead atoms. The maximum absolute atomic E-state index is 14.0. The van der Waals surface area contributed by atoms with Gasteiger partial charge in [0.15, 0.2) is 0 Å². The lowest BCUT2D eigenvalue weighted by Gasteiger charge is -2.27. The van der Waals surface area contributed by atoms with E-state index in [4.69, 9.17) is 15.5 Å². The predicted octanol–water partition coefficient (Wildman–Crippen LogP) is 5.02. The van der Waals surface area contributed by atoms with Crippen LogP contribution < -0.4 is 10.5 Å². The van der Waals surface area contributed by atoms with Crippen LogP contribution in [0.15, 0.2) is 42.6 Å². The maximum atomic E-state index is 14.0. The fraction of sp³-hybridized carbons (Fsp3) is 0.227. The fourth-order valence-electron chi connectivity index (χ4n) is 4.03. The number of hydrogen-bond acceptors (Lipinski definition) is 4. The lowest BCUT2D eigenvalue weighted by Crippen LogP contribution is -2.15. The summed E-state index contributed by atoms with van der Waals surface area (Å²) in [5.74, 6) is 0.375. The number of anilines is 1. The second kappa shape index (κ2) is 6.12. The Balaban J connectivity index is 1.82. The Morgan fingerprint density at radius 1 is 1.21 bits per heavy atom. The lowest BCUT2D eigenvalue weighted by atomic mass is 9.93. The van der Waals surface area contributed by atoms with Crippen LogP contribution in [-0.2, 0) is 0 Å². The van der Waals surface area contributed by atoms with Crippen molar-refractivity contribution in [2.75, 3.05) is 12.8 Å². The molecule has 0 atom stereocenters. The lowest BCUT2D eigenvalue weighted by molar-refractivity contribution is 0.283. The summed E-state index contributed by atoms with van der Waals surface area (Å²) in [6.07, 6.45) is 5.11. The molecule has 2 aromatic carbocycles. The minimum absolute atomic E-state index is 0.167. The highest BCUT2D eigenvalue weighted by molar-refractivity contribution is 6.12. The molecule has 1 aliphatic carbocycles. The molecule has 0 amide bonds. The third-order valence-corrected chi connectivity index (χ3v) is 5.73. The van der Waals surface area contributed by atoms with E-state index in [9.17, 15) is 9.50 Å². The fourth-order valence-corrected chi connectivity index (χ4v) is 4.03. The van der Waals surface area contributed by atoms with Crippen LogP contribution in [0.1, 0.15) is 25.3 Å². The predicted molar refractivity (Wildman–Crippen MR) is 108 cm³/mol. The third kappa shape index (κ3) is 2.34. The number of aromatic nitrogens is 2. The molecule has 0 aliphatic heterocycles. The van der Waals surface area contributed by atoms with E-state index in [0.717, 1.165) is 30.2 Å². The molecule has 142 valence electrons. The van der Waals surface area contributed by atoms with Gasteiger partial charge in [0.25, 0.3) is 0 Å². The van der Waals surface area contributed by atoms with Crippen LogP contribution in [0, 0.1) is 5.82 Å². The first kappa shape index (κ1) is 16.9. The SMILES string of the molecule is COc1ccc(F)cc1-c1cccc2c(N)c3c(O)n(C4CCC4)cc3nc12. The number of nitrogen functional groups attached to an aromatic ring is 1. The largest absolute Gasteiger partial charge is 0.496 e. The summed E-state index contributed by atoms with van der Waals surface area (Å²) in [6.45, 7) is 0. The molecule has 4 aromatic rings. The van der Waals surface area contributed by atoms with Crippen molar-refractivity contribution in [3.05, 3.63) is 48.4 Å². The maximum Gasteiger partial charge on any atom is 0.203 e. The summed E-state index contributed by atoms with van der Waals surface area (Å²) in [6, 6.07) is 10.3. The van der Waals surface area contributed by atoms with E-state index in [1.165, 1.54) is 12.1 Å². The van der Waals surface area contributed by atoms with Gasteiger partial charge in [-0.1, -0.05) is 18.2 Å². The van der Waals surface area contributed by atoms with Crippen molar-refractivity contribution < 1.29 is 14.2 Å². The molecule has 6 heteroatoms. The van der Waals surface area contributed by atoms with Gasteiger partial charge >= 0.3 is 0 Å². The normalized spacial score (nSPS) is 14.5. The van der Waals surface area contributed by atoms with Gasteiger partial charge in [-0.05, 0) is 37.5 Å². The number of halogens is 1. The topological polar surface area (TPSA) is 73.3 Å². The van der Waals surface area contributed by atoms with Crippen molar-refractivity contribution in [1.82, 2.24) is 9.55 Å². The van der Waals surface area contributed by atoms with E-state index in [1.807, 2.05) is 29.0 Å². The smallest absolute Gasteiger partial charge is 0.203 e. The number of methoxy groups -OCH3 is 1. The van der Waals surface area contributed by atoms with Crippen LogP contribution in [0.25, 0.3) is 32.9 Å². The van der Waals surface area contributed by atoms with Crippen molar-refractivity contribution >= 4 is 27.5 Å². The first-order chi connectivity index (χ1) is 13.6. The van der Waals surface area contributed by atoms with Crippen molar-refractivity contribution in [2.24, 2.45) is 0 Å². The molecule has 1 aliphatic rings. The third-order valence-electron chi connectivity index (χ3n) is 5.73. The number of fused-ring (bicyclic) bond motifs is 2. The number of rotatable bonds is 3. The van der Waals surface area contributed by atoms with Crippen LogP contribution in [0.5, 0.6) is 11.6 Å². The van der Waals surface area contributed by atoms with Gasteiger partial charge in [-0.15, -0.1) is 0 Å². The van der Waals surface area contributed by atoms with Crippen LogP contribution in [0.3, 0.4) is 0 Å². The van der Waals surface area contributed by atoms with Gasteiger partial charge in [-0.3, -0.25) is 0 Å². The summed E-state index contributed by atoms with van der Waals surface area (Å²) in [5, 5.41) is 12.0. The highest BCUT2D eigenvalue weighted by Gasteiger charge is 2.25. The zero-order valence-corrected chi connectivity index (χ0v) is 15.4. The molecule has 28 heavy (non-hydrogen) atoms. The van der Waals surface area contributed by atoms with Crippen LogP contribution >= 0.6 is 0 Å². The molecule has 5 rings (SSSR count). The molecule has 2 heterocycles. The summed E-state index contributed by atoms with van der Waals surface area (Å²) in [4.78, 5) is 4.80. The van der Waals surface area contributed by atoms with Crippen LogP contribution in [0.2, 0.25) is 0 Å². The molecule has 2 aromatic heterocycles. The molecule has 5 nitrogen and oxygen atoms in total. The highest BCUT2D eigenvalue weighted by atomic mass is 19.1. The number of aromatic hydroxyl groups is 1. The molecule has 0 spiro atoms. The van der Waals surface area contributed by atoms with Gasteiger partial charge in [-0.2, -0.15) is 0 Å². The molecule has 3 N–H and O–H groups in total.